The van der Waals surface area contributed by atoms with Crippen LogP contribution in [0.25, 0.3) is 5.32 Å². The minimum absolute atomic E-state index is 0. The molecule has 0 unspecified atom stereocenters. The first-order valence-electron chi connectivity index (χ1n) is 2.83. The van der Waals surface area contributed by atoms with Crippen molar-refractivity contribution in [1.82, 2.24) is 0 Å². The standard InChI is InChI=1S/C6H14N.2ClH.Li.Mg/c1-5(2)7-6(3)4;;;;/h5-6H,1-4H3;2*1H;;/q-1;;;+1;+2/p-2. The Balaban J connectivity index is -0.0000000300. The van der Waals surface area contributed by atoms with Gasteiger partial charge < -0.3 is 30.1 Å². The molecule has 0 aromatic carbocycles. The predicted molar refractivity (Wildman–Crippen MR) is 39.4 cm³/mol. The van der Waals surface area contributed by atoms with Gasteiger partial charge in [0.15, 0.2) is 0 Å². The second kappa shape index (κ2) is 17.9. The van der Waals surface area contributed by atoms with Crippen LogP contribution in [0.3, 0.4) is 0 Å². The molecule has 1 nitrogen and oxygen atoms in total. The van der Waals surface area contributed by atoms with Crippen LogP contribution in [0.4, 0.5) is 0 Å². The van der Waals surface area contributed by atoms with Crippen LogP contribution in [0, 0.1) is 0 Å². The Bertz CT molecular complexity index is 49.8. The van der Waals surface area contributed by atoms with Gasteiger partial charge >= 0.3 is 41.9 Å². The van der Waals surface area contributed by atoms with Gasteiger partial charge in [-0.15, -0.1) is 12.1 Å². The van der Waals surface area contributed by atoms with Crippen molar-refractivity contribution in [2.75, 3.05) is 0 Å². The van der Waals surface area contributed by atoms with Crippen molar-refractivity contribution in [3.8, 4) is 0 Å². The third kappa shape index (κ3) is 33.5. The zero-order valence-corrected chi connectivity index (χ0v) is 11.0. The Morgan fingerprint density at radius 3 is 1.00 bits per heavy atom. The Kier molecular flexibility index (Phi) is 47.5. The van der Waals surface area contributed by atoms with Crippen molar-refractivity contribution >= 4 is 23.1 Å². The maximum absolute atomic E-state index is 4.28. The molecule has 0 rings (SSSR count). The third-order valence-corrected chi connectivity index (χ3v) is 0.596. The maximum atomic E-state index is 4.28. The molecular formula is C6H14Cl2LiMgN. The van der Waals surface area contributed by atoms with Gasteiger partial charge in [-0.05, 0) is 0 Å². The van der Waals surface area contributed by atoms with E-state index in [1.165, 1.54) is 0 Å². The summed E-state index contributed by atoms with van der Waals surface area (Å²) >= 11 is 0. The minimum Gasteiger partial charge on any atom is -1.00 e. The Morgan fingerprint density at radius 1 is 0.818 bits per heavy atom. The summed E-state index contributed by atoms with van der Waals surface area (Å²) in [6, 6.07) is 1.000. The SMILES string of the molecule is CC(C)[N-]C(C)C.[Cl-].[Cl-].[Li+].[Mg+2]. The van der Waals surface area contributed by atoms with Gasteiger partial charge in [-0.1, -0.05) is 27.7 Å². The molecule has 0 N–H and O–H groups in total. The van der Waals surface area contributed by atoms with Gasteiger partial charge in [-0.25, -0.2) is 0 Å². The van der Waals surface area contributed by atoms with E-state index in [1.54, 1.807) is 0 Å². The van der Waals surface area contributed by atoms with Crippen LogP contribution in [0.15, 0.2) is 0 Å². The fraction of sp³-hybridized carbons (Fsp3) is 1.00. The molecule has 0 aliphatic carbocycles. The van der Waals surface area contributed by atoms with Gasteiger partial charge in [0, 0.05) is 0 Å². The van der Waals surface area contributed by atoms with E-state index in [0.717, 1.165) is 0 Å². The van der Waals surface area contributed by atoms with Crippen LogP contribution < -0.4 is 43.7 Å². The summed E-state index contributed by atoms with van der Waals surface area (Å²) in [5, 5.41) is 4.28. The van der Waals surface area contributed by atoms with Crippen molar-refractivity contribution in [2.45, 2.75) is 39.8 Å². The molecule has 0 aliphatic rings. The summed E-state index contributed by atoms with van der Waals surface area (Å²) < 4.78 is 0. The third-order valence-electron chi connectivity index (χ3n) is 0.596. The maximum Gasteiger partial charge on any atom is 2.00 e. The number of rotatable bonds is 2. The van der Waals surface area contributed by atoms with Gasteiger partial charge in [0.05, 0.1) is 0 Å². The van der Waals surface area contributed by atoms with Crippen LogP contribution in [-0.2, 0) is 0 Å². The summed E-state index contributed by atoms with van der Waals surface area (Å²) in [6.07, 6.45) is 0. The Morgan fingerprint density at radius 2 is 1.00 bits per heavy atom. The molecule has 0 saturated heterocycles. The smallest absolute Gasteiger partial charge is 1.00 e. The molecule has 0 aromatic rings. The number of hydrogen-bond donors (Lipinski definition) is 0. The monoisotopic (exact) mass is 201 g/mol. The van der Waals surface area contributed by atoms with Gasteiger partial charge in [0.1, 0.15) is 0 Å². The Labute approximate surface area is 111 Å². The summed E-state index contributed by atoms with van der Waals surface area (Å²) in [6.45, 7) is 8.39. The van der Waals surface area contributed by atoms with Gasteiger partial charge in [-0.3, -0.25) is 0 Å². The summed E-state index contributed by atoms with van der Waals surface area (Å²) in [5.41, 5.74) is 0. The second-order valence-electron chi connectivity index (χ2n) is 2.34. The van der Waals surface area contributed by atoms with Crippen LogP contribution >= 0.6 is 0 Å². The predicted octanol–water partition coefficient (Wildman–Crippen LogP) is -7.19. The van der Waals surface area contributed by atoms with Crippen LogP contribution in [0.5, 0.6) is 0 Å². The first-order valence-corrected chi connectivity index (χ1v) is 2.83. The normalized spacial score (nSPS) is 7.09. The van der Waals surface area contributed by atoms with Crippen molar-refractivity contribution in [3.63, 3.8) is 0 Å². The first-order chi connectivity index (χ1) is 3.13. The quantitative estimate of drug-likeness (QED) is 0.395. The second-order valence-corrected chi connectivity index (χ2v) is 2.34. The molecule has 0 amide bonds. The van der Waals surface area contributed by atoms with Crippen molar-refractivity contribution in [2.24, 2.45) is 0 Å². The fourth-order valence-corrected chi connectivity index (χ4v) is 0.596. The molecule has 11 heavy (non-hydrogen) atoms. The van der Waals surface area contributed by atoms with E-state index in [-0.39, 0.29) is 66.7 Å². The minimum atomic E-state index is 0. The molecule has 60 valence electrons. The molecule has 5 heteroatoms. The van der Waals surface area contributed by atoms with E-state index in [4.69, 9.17) is 0 Å². The van der Waals surface area contributed by atoms with Gasteiger partial charge in [-0.2, -0.15) is 0 Å². The van der Waals surface area contributed by atoms with Crippen molar-refractivity contribution in [3.05, 3.63) is 5.32 Å². The van der Waals surface area contributed by atoms with Crippen LogP contribution in [0.1, 0.15) is 27.7 Å². The molecule has 0 fully saturated rings. The average Bonchev–Trinajstić information content (AvgIpc) is 1.27. The van der Waals surface area contributed by atoms with Crippen LogP contribution in [-0.4, -0.2) is 35.1 Å². The van der Waals surface area contributed by atoms with E-state index in [1.807, 2.05) is 0 Å². The largest absolute Gasteiger partial charge is 2.00 e. The molecular weight excluding hydrogens is 188 g/mol. The molecule has 0 bridgehead atoms. The average molecular weight is 202 g/mol. The number of nitrogens with zero attached hydrogens (tertiary/aromatic N) is 1. The first kappa shape index (κ1) is 29.3. The molecule has 0 aromatic heterocycles. The van der Waals surface area contributed by atoms with E-state index in [2.05, 4.69) is 33.0 Å². The number of halogens is 2. The van der Waals surface area contributed by atoms with Crippen molar-refractivity contribution < 1.29 is 43.7 Å². The topological polar surface area (TPSA) is 14.1 Å². The van der Waals surface area contributed by atoms with E-state index in [9.17, 15) is 0 Å². The van der Waals surface area contributed by atoms with Crippen molar-refractivity contribution in [1.29, 1.82) is 0 Å². The molecule has 0 radical (unpaired) electrons. The van der Waals surface area contributed by atoms with Gasteiger partial charge in [0.25, 0.3) is 0 Å². The summed E-state index contributed by atoms with van der Waals surface area (Å²) in [7, 11) is 0. The molecule has 0 atom stereocenters. The zero-order chi connectivity index (χ0) is 5.86. The molecule has 0 heterocycles. The number of hydrogen-bond acceptors (Lipinski definition) is 0. The zero-order valence-electron chi connectivity index (χ0n) is 8.06. The van der Waals surface area contributed by atoms with Crippen LogP contribution in [0.2, 0.25) is 0 Å². The van der Waals surface area contributed by atoms with E-state index < -0.39 is 0 Å². The van der Waals surface area contributed by atoms with E-state index >= 15 is 0 Å². The molecule has 0 spiro atoms. The van der Waals surface area contributed by atoms with Gasteiger partial charge in [0.2, 0.25) is 0 Å². The summed E-state index contributed by atoms with van der Waals surface area (Å²) in [5.74, 6) is 0. The summed E-state index contributed by atoms with van der Waals surface area (Å²) in [4.78, 5) is 0. The fourth-order valence-electron chi connectivity index (χ4n) is 0.596. The Hall–Kier alpha value is 1.90. The molecule has 0 aliphatic heterocycles. The van der Waals surface area contributed by atoms with E-state index in [0.29, 0.717) is 12.1 Å². The molecule has 0 saturated carbocycles.